The zero-order valence-corrected chi connectivity index (χ0v) is 34.2. The Bertz CT molecular complexity index is 3540. The lowest BCUT2D eigenvalue weighted by atomic mass is 9.59. The molecule has 282 valence electrons. The molecule has 10 aromatic rings. The molecule has 0 N–H and O–H groups in total. The van der Waals surface area contributed by atoms with Gasteiger partial charge in [0.1, 0.15) is 0 Å². The van der Waals surface area contributed by atoms with Crippen LogP contribution in [0, 0.1) is 0 Å². The molecular weight excluding hydrogens is 735 g/mol. The molecule has 1 aliphatic carbocycles. The van der Waals surface area contributed by atoms with Crippen LogP contribution in [0.1, 0.15) is 56.2 Å². The number of hydrogen-bond acceptors (Lipinski definition) is 1. The molecule has 5 aromatic carbocycles. The minimum atomic E-state index is -0.315. The molecule has 2 atom stereocenters. The molecule has 2 aliphatic heterocycles. The molecule has 0 amide bonds. The number of aryl methyl sites for hydroxylation is 1. The fourth-order valence-electron chi connectivity index (χ4n) is 11.7. The van der Waals surface area contributed by atoms with Crippen molar-refractivity contribution in [3.05, 3.63) is 175 Å². The van der Waals surface area contributed by atoms with Crippen molar-refractivity contribution in [2.24, 2.45) is 0 Å². The Hall–Kier alpha value is -6.36. The van der Waals surface area contributed by atoms with Crippen molar-refractivity contribution in [3.8, 4) is 22.5 Å². The van der Waals surface area contributed by atoms with Crippen LogP contribution < -0.4 is 9.13 Å². The van der Waals surface area contributed by atoms with E-state index in [0.29, 0.717) is 0 Å². The summed E-state index contributed by atoms with van der Waals surface area (Å²) < 4.78 is 10.3. The Morgan fingerprint density at radius 3 is 2.41 bits per heavy atom. The smallest absolute Gasteiger partial charge is 0.218 e. The van der Waals surface area contributed by atoms with E-state index >= 15 is 0 Å². The lowest BCUT2D eigenvalue weighted by molar-refractivity contribution is -0.766. The maximum Gasteiger partial charge on any atom is 0.218 e. The third-order valence-electron chi connectivity index (χ3n) is 14.8. The molecule has 13 rings (SSSR count). The molecule has 0 fully saturated rings. The van der Waals surface area contributed by atoms with Gasteiger partial charge >= 0.3 is 0 Å². The zero-order chi connectivity index (χ0) is 39.2. The highest BCUT2D eigenvalue weighted by atomic mass is 32.1. The quantitative estimate of drug-likeness (QED) is 0.147. The SMILES string of the molecule is C=C1CC2(C)[n+]3ccccc3-c3cc4c5c6c(cc7c8ccccc8n(c4cc3C2(C)CCc2ccccc2-c2cccc[n+]21)c75)sc1ccc(C2=CC=CCC2)cc16. The minimum absolute atomic E-state index is 0.252. The largest absolute Gasteiger partial charge is 0.308 e. The fraction of sp³-hybridized carbons (Fsp3) is 0.164. The number of aromatic nitrogens is 3. The van der Waals surface area contributed by atoms with Gasteiger partial charge in [0.05, 0.1) is 33.9 Å². The van der Waals surface area contributed by atoms with E-state index in [1.165, 1.54) is 103 Å². The summed E-state index contributed by atoms with van der Waals surface area (Å²) in [6.07, 6.45) is 16.3. The summed E-state index contributed by atoms with van der Waals surface area (Å²) in [6.45, 7) is 9.92. The van der Waals surface area contributed by atoms with Crippen LogP contribution in [0.4, 0.5) is 0 Å². The number of allylic oxidation sites excluding steroid dienone is 5. The van der Waals surface area contributed by atoms with Gasteiger partial charge in [-0.3, -0.25) is 0 Å². The first-order valence-corrected chi connectivity index (χ1v) is 22.0. The van der Waals surface area contributed by atoms with Gasteiger partial charge in [0.2, 0.25) is 11.4 Å². The summed E-state index contributed by atoms with van der Waals surface area (Å²) in [5.74, 6) is 0. The molecule has 0 spiro atoms. The highest BCUT2D eigenvalue weighted by molar-refractivity contribution is 7.26. The van der Waals surface area contributed by atoms with Crippen LogP contribution in [0.25, 0.3) is 92.1 Å². The molecule has 0 bridgehead atoms. The van der Waals surface area contributed by atoms with Gasteiger partial charge in [-0.1, -0.05) is 60.7 Å². The summed E-state index contributed by atoms with van der Waals surface area (Å²) in [7, 11) is 0. The van der Waals surface area contributed by atoms with E-state index in [1.807, 2.05) is 11.3 Å². The number of thiophene rings is 1. The van der Waals surface area contributed by atoms with Gasteiger partial charge in [-0.2, -0.15) is 9.13 Å². The number of rotatable bonds is 1. The summed E-state index contributed by atoms with van der Waals surface area (Å²) >= 11 is 1.94. The third kappa shape index (κ3) is 4.37. The van der Waals surface area contributed by atoms with E-state index in [2.05, 4.69) is 179 Å². The van der Waals surface area contributed by atoms with Gasteiger partial charge in [-0.25, -0.2) is 0 Å². The van der Waals surface area contributed by atoms with Gasteiger partial charge in [-0.05, 0) is 116 Å². The second-order valence-electron chi connectivity index (χ2n) is 17.7. The maximum absolute atomic E-state index is 4.86. The second kappa shape index (κ2) is 11.9. The number of nitrogens with zero attached hydrogens (tertiary/aromatic N) is 3. The van der Waals surface area contributed by atoms with E-state index in [0.717, 1.165) is 37.8 Å². The predicted octanol–water partition coefficient (Wildman–Crippen LogP) is 13.3. The summed E-state index contributed by atoms with van der Waals surface area (Å²) in [5, 5.41) is 8.15. The summed E-state index contributed by atoms with van der Waals surface area (Å²) in [6, 6.07) is 46.4. The lowest BCUT2D eigenvalue weighted by Crippen LogP contribution is -2.68. The first-order chi connectivity index (χ1) is 28.9. The molecule has 7 heterocycles. The number of fused-ring (bicyclic) bond motifs is 19. The normalized spacial score (nSPS) is 20.2. The minimum Gasteiger partial charge on any atom is -0.308 e. The highest BCUT2D eigenvalue weighted by Gasteiger charge is 2.59. The molecule has 0 radical (unpaired) electrons. The molecule has 5 aromatic heterocycles. The van der Waals surface area contributed by atoms with Gasteiger partial charge in [0, 0.05) is 78.5 Å². The predicted molar refractivity (Wildman–Crippen MR) is 247 cm³/mol. The van der Waals surface area contributed by atoms with Crippen molar-refractivity contribution in [2.45, 2.75) is 56.9 Å². The Morgan fingerprint density at radius 2 is 1.51 bits per heavy atom. The van der Waals surface area contributed by atoms with Gasteiger partial charge in [0.25, 0.3) is 0 Å². The van der Waals surface area contributed by atoms with Crippen LogP contribution in [0.5, 0.6) is 0 Å². The van der Waals surface area contributed by atoms with E-state index in [4.69, 9.17) is 6.58 Å². The molecule has 3 aliphatic rings. The number of para-hydroxylation sites is 1. The van der Waals surface area contributed by atoms with E-state index < -0.39 is 0 Å². The standard InChI is InChI=1S/C55H43N3S/c1-34-33-55(3)54(2,26-25-36-17-7-8-18-38(36)45-20-11-13-27-56(34)45)44-32-48-42(30-41(44)46-21-12-14-28-57(46)55)52-51-43-29-37(35-15-5-4-6-16-35)23-24-49(43)59-50(51)31-40-39-19-9-10-22-47(39)58(48)53(40)52/h4-5,7-15,17-24,27-32H,1,6,16,25-26,33H2,2-3H3/q+2. The molecule has 4 heteroatoms. The third-order valence-corrected chi connectivity index (χ3v) is 15.9. The molecule has 2 unspecified atom stereocenters. The Morgan fingerprint density at radius 1 is 0.678 bits per heavy atom. The first-order valence-electron chi connectivity index (χ1n) is 21.2. The Kier molecular flexibility index (Phi) is 6.76. The van der Waals surface area contributed by atoms with Gasteiger partial charge < -0.3 is 4.40 Å². The summed E-state index contributed by atoms with van der Waals surface area (Å²) in [5.41, 5.74) is 15.2. The first kappa shape index (κ1) is 33.6. The fourth-order valence-corrected chi connectivity index (χ4v) is 12.8. The lowest BCUT2D eigenvalue weighted by Gasteiger charge is -2.47. The topological polar surface area (TPSA) is 12.2 Å². The van der Waals surface area contributed by atoms with Crippen molar-refractivity contribution in [1.82, 2.24) is 4.40 Å². The van der Waals surface area contributed by atoms with Crippen LogP contribution in [0.3, 0.4) is 0 Å². The molecular formula is C55H43N3S+2. The Labute approximate surface area is 347 Å². The highest BCUT2D eigenvalue weighted by Crippen LogP contribution is 2.55. The second-order valence-corrected chi connectivity index (χ2v) is 18.8. The molecule has 59 heavy (non-hydrogen) atoms. The van der Waals surface area contributed by atoms with Crippen molar-refractivity contribution in [3.63, 3.8) is 0 Å². The monoisotopic (exact) mass is 777 g/mol. The summed E-state index contributed by atoms with van der Waals surface area (Å²) in [4.78, 5) is 0. The van der Waals surface area contributed by atoms with Crippen molar-refractivity contribution in [2.75, 3.05) is 0 Å². The number of benzene rings is 5. The average molecular weight is 778 g/mol. The van der Waals surface area contributed by atoms with Crippen LogP contribution >= 0.6 is 11.3 Å². The maximum atomic E-state index is 4.86. The van der Waals surface area contributed by atoms with E-state index in [-0.39, 0.29) is 11.0 Å². The van der Waals surface area contributed by atoms with Gasteiger partial charge in [0.15, 0.2) is 23.6 Å². The van der Waals surface area contributed by atoms with Gasteiger partial charge in [-0.15, -0.1) is 11.3 Å². The molecule has 0 saturated heterocycles. The number of hydrogen-bond donors (Lipinski definition) is 0. The van der Waals surface area contributed by atoms with Crippen LogP contribution in [0.2, 0.25) is 0 Å². The average Bonchev–Trinajstić information content (AvgIpc) is 3.93. The van der Waals surface area contributed by atoms with Crippen molar-refractivity contribution >= 4 is 80.9 Å². The van der Waals surface area contributed by atoms with Crippen LogP contribution in [-0.2, 0) is 17.4 Å². The van der Waals surface area contributed by atoms with E-state index in [9.17, 15) is 0 Å². The number of pyridine rings is 2. The van der Waals surface area contributed by atoms with Crippen molar-refractivity contribution < 1.29 is 9.13 Å². The van der Waals surface area contributed by atoms with Crippen LogP contribution in [0.15, 0.2) is 159 Å². The van der Waals surface area contributed by atoms with Crippen molar-refractivity contribution in [1.29, 1.82) is 0 Å². The molecule has 0 saturated carbocycles. The molecule has 3 nitrogen and oxygen atoms in total. The Balaban J connectivity index is 1.15. The van der Waals surface area contributed by atoms with Crippen LogP contribution in [-0.4, -0.2) is 4.40 Å². The van der Waals surface area contributed by atoms with E-state index in [1.54, 1.807) is 0 Å². The zero-order valence-electron chi connectivity index (χ0n) is 33.4.